The van der Waals surface area contributed by atoms with E-state index < -0.39 is 24.0 Å². The van der Waals surface area contributed by atoms with E-state index in [0.29, 0.717) is 68.3 Å². The first-order valence-corrected chi connectivity index (χ1v) is 43.1. The van der Waals surface area contributed by atoms with Crippen molar-refractivity contribution < 1.29 is 120 Å². The predicted molar refractivity (Wildman–Crippen MR) is 425 cm³/mol. The van der Waals surface area contributed by atoms with Crippen molar-refractivity contribution in [1.29, 1.82) is 0 Å². The van der Waals surface area contributed by atoms with Crippen molar-refractivity contribution in [3.05, 3.63) is 12.6 Å². The van der Waals surface area contributed by atoms with Gasteiger partial charge in [0.1, 0.15) is 42.4 Å². The van der Waals surface area contributed by atoms with Gasteiger partial charge >= 0.3 is 11.9 Å². The number of rotatable bonds is 70. The van der Waals surface area contributed by atoms with E-state index in [0.717, 1.165) is 68.4 Å². The van der Waals surface area contributed by atoms with Crippen LogP contribution >= 0.6 is 76.7 Å². The zero-order valence-electron chi connectivity index (χ0n) is 61.1. The predicted octanol–water partition coefficient (Wildman–Crippen LogP) is 14.0. The Labute approximate surface area is 653 Å². The van der Waals surface area contributed by atoms with Gasteiger partial charge in [0.25, 0.3) is 0 Å². The third kappa shape index (κ3) is 70.1. The molecule has 1 radical (unpaired) electrons. The minimum atomic E-state index is -1.19. The molecule has 0 bridgehead atoms. The van der Waals surface area contributed by atoms with E-state index in [9.17, 15) is 67.4 Å². The molecular weight excluding hydrogens is 1480 g/mol. The first-order chi connectivity index (χ1) is 47.3. The van der Waals surface area contributed by atoms with E-state index in [1.807, 2.05) is 27.1 Å². The Morgan fingerprint density at radius 3 is 1.49 bits per heavy atom. The molecule has 0 aromatic heterocycles. The molecule has 599 valence electrons. The van der Waals surface area contributed by atoms with Crippen LogP contribution in [0.3, 0.4) is 0 Å². The molecule has 0 heterocycles. The van der Waals surface area contributed by atoms with E-state index in [1.165, 1.54) is 77.8 Å². The smallest absolute Gasteiger partial charge is 0.326 e. The number of unbranched alkanes of at least 4 members (excludes halogenated alkanes) is 14. The average molecular weight is 1610 g/mol. The summed E-state index contributed by atoms with van der Waals surface area (Å²) in [6.07, 6.45) is 21.5. The number of hydrogen-bond donors (Lipinski definition) is 6. The summed E-state index contributed by atoms with van der Waals surface area (Å²) in [6.45, 7) is 15.4. The first-order valence-electron chi connectivity index (χ1n) is 34.9. The van der Waals surface area contributed by atoms with Gasteiger partial charge < -0.3 is 67.3 Å². The van der Waals surface area contributed by atoms with Crippen LogP contribution in [0.1, 0.15) is 219 Å². The number of carbonyl (C=O) groups excluding carboxylic acids is 11. The van der Waals surface area contributed by atoms with E-state index in [-0.39, 0.29) is 213 Å². The fourth-order valence-electron chi connectivity index (χ4n) is 8.28. The van der Waals surface area contributed by atoms with E-state index in [2.05, 4.69) is 20.7 Å². The van der Waals surface area contributed by atoms with Gasteiger partial charge in [-0.15, -0.1) is 16.5 Å². The molecule has 3 amide bonds. The Kier molecular flexibility index (Phi) is 75.6. The van der Waals surface area contributed by atoms with Gasteiger partial charge in [-0.3, -0.25) is 52.7 Å². The molecule has 0 aliphatic heterocycles. The van der Waals surface area contributed by atoms with Crippen LogP contribution in [0.15, 0.2) is 0 Å². The van der Waals surface area contributed by atoms with Crippen molar-refractivity contribution in [2.45, 2.75) is 222 Å². The summed E-state index contributed by atoms with van der Waals surface area (Å²) in [5.41, 5.74) is 0. The van der Waals surface area contributed by atoms with Gasteiger partial charge in [-0.1, -0.05) is 178 Å². The molecule has 7 atom stereocenters. The molecule has 8 N–H and O–H groups in total. The maximum Gasteiger partial charge on any atom is 0.326 e. The third-order valence-corrected chi connectivity index (χ3v) is 24.0. The molecule has 24 nitrogen and oxygen atoms in total. The Bertz CT molecular complexity index is 2330. The summed E-state index contributed by atoms with van der Waals surface area (Å²) in [5, 5.41) is 26.1. The minimum absolute atomic E-state index is 0. The maximum absolute atomic E-state index is 12.9. The van der Waals surface area contributed by atoms with Gasteiger partial charge in [-0.05, 0) is 77.5 Å². The van der Waals surface area contributed by atoms with Crippen LogP contribution in [0.2, 0.25) is 0 Å². The van der Waals surface area contributed by atoms with Crippen molar-refractivity contribution in [3.8, 4) is 0 Å². The number of nitrogens with one attached hydrogen (secondary N) is 4. The van der Waals surface area contributed by atoms with Gasteiger partial charge in [0.05, 0.1) is 33.0 Å². The fraction of sp³-hybridized carbons (Fsp3) is 0.797. The Morgan fingerprint density at radius 1 is 0.475 bits per heavy atom. The number of ketones is 6. The van der Waals surface area contributed by atoms with Crippen LogP contribution in [0.25, 0.3) is 6.15 Å². The summed E-state index contributed by atoms with van der Waals surface area (Å²) < 4.78 is 24.6. The van der Waals surface area contributed by atoms with Gasteiger partial charge in [-0.2, -0.15) is 0 Å². The van der Waals surface area contributed by atoms with Gasteiger partial charge in [0, 0.05) is 139 Å². The second-order valence-corrected chi connectivity index (χ2v) is 33.0. The molecule has 32 heteroatoms. The number of carboxylic acids is 2. The van der Waals surface area contributed by atoms with Crippen molar-refractivity contribution in [2.75, 3.05) is 100 Å². The molecule has 0 aromatic rings. The van der Waals surface area contributed by atoms with Crippen LogP contribution in [0.4, 0.5) is 0 Å². The largest absolute Gasteiger partial charge is 0.693 e. The quantitative estimate of drug-likeness (QED) is 0.0143. The molecule has 0 unspecified atom stereocenters. The van der Waals surface area contributed by atoms with E-state index in [1.54, 1.807) is 66.5 Å². The Hall–Kier alpha value is -2.63. The van der Waals surface area contributed by atoms with Crippen LogP contribution < -0.4 is 20.7 Å². The number of nitrogens with two attached hydrogens (primary N) is 1. The standard InChI is InChI=1S/C60H103N4O17S5.C9H15O2S2.H2N.V.7H2/c1-45(48(4)66)41-82-85-44-50(49(5)67)37-54(69)46(2)42-83-84-43-47(3)60(77)86-64-51(38-65)23-20-21-29-61-57(72)40-81-36-33-78-31-22-24-52(68)39-80-35-34-79-32-30-62-55(70)28-27-53(59(75)76)63-56(71)25-18-16-14-12-10-8-6-7-9-11-13-15-17-19-26-58(73)74;1-7(9(3)11)6-13-12-5-4-8(2)10;;;;;;;;;/h45-47,50-51,53,64H,6-37,39-44H2,1-5H3,(H,61,72)(H,62,70)(H,63,71)(H,73,74)(H,75,76);4,7H,5-6H2,1-3H3;1H2;;7*1H/q3*-1;;;;;;;;/t45-,46-,47-,50-,51-,53-;7-;;;;;;;;;/m00........./s1. The monoisotopic (exact) mass is 1610 g/mol. The number of ether oxygens (including phenoxy) is 4. The van der Waals surface area contributed by atoms with Crippen molar-refractivity contribution in [2.24, 2.45) is 29.6 Å². The number of Topliss-reactive ketones (excluding diaryl/α,β-unsaturated/α-hetero) is 6. The number of hydrogen-bond acceptors (Lipinski definition) is 25. The first kappa shape index (κ1) is 105. The molecule has 101 heavy (non-hydrogen) atoms. The number of carboxylic acid groups (broad SMARTS) is 2. The zero-order chi connectivity index (χ0) is 74.3. The maximum atomic E-state index is 12.9. The average Bonchev–Trinajstić information content (AvgIpc) is 0.913. The topological polar surface area (TPSA) is 381 Å². The number of amides is 3. The van der Waals surface area contributed by atoms with E-state index in [4.69, 9.17) is 24.1 Å². The minimum Gasteiger partial charge on any atom is -0.693 e. The SMILES string of the molecule is CC(=O)[C@H](CSSC[C@H](C)C(C)=O)CC(=O)[C@@H](C)CSSC[C@H](C)C(=O)SN[C@H]([C-]=O)CCCCNC(=O)COCCOCCCC(=O)COCCOCCNC(=O)CC[C@H](NC(=O)CCCCCCCCCCCCCCCCC(=O)O)C(=O)O.CC(=O)[CH-]CSSC[C@H](C)C(C)=O.[HH].[HH].[HH].[HH].[HH].[HH].[HH].[NH2-].[V]. The molecule has 0 aliphatic rings. The summed E-state index contributed by atoms with van der Waals surface area (Å²) in [6, 6.07) is -1.81. The second-order valence-electron chi connectivity index (χ2n) is 24.5. The van der Waals surface area contributed by atoms with Crippen LogP contribution in [0.5, 0.6) is 0 Å². The van der Waals surface area contributed by atoms with Gasteiger partial charge in [0.2, 0.25) is 22.8 Å². The van der Waals surface area contributed by atoms with Crippen LogP contribution in [-0.4, -0.2) is 199 Å². The molecule has 0 aromatic carbocycles. The molecule has 0 spiro atoms. The Morgan fingerprint density at radius 2 is 0.960 bits per heavy atom. The second kappa shape index (κ2) is 72.9. The van der Waals surface area contributed by atoms with E-state index >= 15 is 0 Å². The molecular formula is C69H134N5O19S7V-3. The van der Waals surface area contributed by atoms with Crippen molar-refractivity contribution in [1.82, 2.24) is 20.7 Å². The number of aliphatic carboxylic acids is 2. The zero-order valence-corrected chi connectivity index (χ0v) is 68.2. The normalized spacial score (nSPS) is 13.0. The van der Waals surface area contributed by atoms with Gasteiger partial charge in [0.15, 0.2) is 5.78 Å². The third-order valence-electron chi connectivity index (χ3n) is 15.2. The summed E-state index contributed by atoms with van der Waals surface area (Å²) in [5.74, 6) is 0.406. The molecule has 0 fully saturated rings. The van der Waals surface area contributed by atoms with Crippen LogP contribution in [0, 0.1) is 36.0 Å². The van der Waals surface area contributed by atoms with Crippen molar-refractivity contribution in [3.63, 3.8) is 0 Å². The molecule has 0 saturated carbocycles. The summed E-state index contributed by atoms with van der Waals surface area (Å²) >= 11 is 0.878. The van der Waals surface area contributed by atoms with Gasteiger partial charge in [-0.25, -0.2) is 11.1 Å². The summed E-state index contributed by atoms with van der Waals surface area (Å²) in [7, 11) is 9.33. The molecule has 0 aliphatic carbocycles. The molecule has 0 saturated heterocycles. The number of carbonyl (C=O) groups is 12. The van der Waals surface area contributed by atoms with Crippen molar-refractivity contribution >= 4 is 152 Å². The fourth-order valence-corrected chi connectivity index (χ4v) is 17.0. The van der Waals surface area contributed by atoms with Crippen LogP contribution in [-0.2, 0) is 99.8 Å². The Balaban J connectivity index is -0.000000430. The summed E-state index contributed by atoms with van der Waals surface area (Å²) in [4.78, 5) is 153. The molecule has 0 rings (SSSR count).